The molecule has 0 radical (unpaired) electrons. The van der Waals surface area contributed by atoms with Crippen LogP contribution in [0.4, 0.5) is 0 Å². The average Bonchev–Trinajstić information content (AvgIpc) is 2.22. The Morgan fingerprint density at radius 3 is 2.76 bits per heavy atom. The zero-order valence-corrected chi connectivity index (χ0v) is 12.5. The summed E-state index contributed by atoms with van der Waals surface area (Å²) in [5, 5.41) is 11.4. The summed E-state index contributed by atoms with van der Waals surface area (Å²) < 4.78 is 7.29. The maximum atomic E-state index is 10.4. The zero-order valence-electron chi connectivity index (χ0n) is 9.30. The second-order valence-corrected chi connectivity index (χ2v) is 5.08. The van der Waals surface area contributed by atoms with Crippen molar-refractivity contribution in [3.05, 3.63) is 26.6 Å². The SMILES string of the molecule is CCOc1c(Br)cc(Br)cc1CNCC(=O)O. The standard InChI is InChI=1S/C11H13Br2NO3/c1-2-17-11-7(5-14-6-10(15)16)3-8(12)4-9(11)13/h3-4,14H,2,5-6H2,1H3,(H,15,16). The Kier molecular flexibility index (Phi) is 5.94. The molecule has 1 aromatic carbocycles. The van der Waals surface area contributed by atoms with Crippen LogP contribution in [0.2, 0.25) is 0 Å². The third-order valence-electron chi connectivity index (χ3n) is 1.97. The number of halogens is 2. The summed E-state index contributed by atoms with van der Waals surface area (Å²) >= 11 is 6.81. The molecule has 0 aliphatic heterocycles. The highest BCUT2D eigenvalue weighted by Crippen LogP contribution is 2.32. The van der Waals surface area contributed by atoms with Crippen molar-refractivity contribution in [2.45, 2.75) is 13.5 Å². The van der Waals surface area contributed by atoms with Gasteiger partial charge in [0.15, 0.2) is 0 Å². The zero-order chi connectivity index (χ0) is 12.8. The second kappa shape index (κ2) is 6.98. The fourth-order valence-electron chi connectivity index (χ4n) is 1.36. The lowest BCUT2D eigenvalue weighted by molar-refractivity contribution is -0.136. The van der Waals surface area contributed by atoms with Crippen LogP contribution in [0.25, 0.3) is 0 Å². The molecular formula is C11H13Br2NO3. The van der Waals surface area contributed by atoms with Gasteiger partial charge in [-0.25, -0.2) is 0 Å². The molecule has 0 atom stereocenters. The van der Waals surface area contributed by atoms with Crippen LogP contribution in [0.5, 0.6) is 5.75 Å². The van der Waals surface area contributed by atoms with Gasteiger partial charge in [0.25, 0.3) is 0 Å². The van der Waals surface area contributed by atoms with Crippen molar-refractivity contribution in [2.24, 2.45) is 0 Å². The van der Waals surface area contributed by atoms with Crippen LogP contribution < -0.4 is 10.1 Å². The molecule has 0 aliphatic carbocycles. The van der Waals surface area contributed by atoms with E-state index >= 15 is 0 Å². The van der Waals surface area contributed by atoms with Crippen LogP contribution in [0.3, 0.4) is 0 Å². The minimum Gasteiger partial charge on any atom is -0.492 e. The Labute approximate surface area is 117 Å². The van der Waals surface area contributed by atoms with Gasteiger partial charge in [-0.2, -0.15) is 0 Å². The highest BCUT2D eigenvalue weighted by atomic mass is 79.9. The first-order valence-corrected chi connectivity index (χ1v) is 6.66. The highest BCUT2D eigenvalue weighted by Gasteiger charge is 2.10. The van der Waals surface area contributed by atoms with Crippen molar-refractivity contribution >= 4 is 37.8 Å². The molecule has 0 spiro atoms. The molecule has 0 aromatic heterocycles. The predicted octanol–water partition coefficient (Wildman–Crippen LogP) is 2.78. The summed E-state index contributed by atoms with van der Waals surface area (Å²) in [7, 11) is 0. The van der Waals surface area contributed by atoms with E-state index in [9.17, 15) is 4.79 Å². The van der Waals surface area contributed by atoms with Crippen LogP contribution in [-0.4, -0.2) is 24.2 Å². The average molecular weight is 367 g/mol. The van der Waals surface area contributed by atoms with Gasteiger partial charge in [-0.1, -0.05) is 15.9 Å². The van der Waals surface area contributed by atoms with E-state index in [0.717, 1.165) is 20.3 Å². The number of rotatable bonds is 6. The molecule has 6 heteroatoms. The van der Waals surface area contributed by atoms with Crippen molar-refractivity contribution in [2.75, 3.05) is 13.2 Å². The van der Waals surface area contributed by atoms with Crippen LogP contribution in [0.1, 0.15) is 12.5 Å². The quantitative estimate of drug-likeness (QED) is 0.812. The summed E-state index contributed by atoms with van der Waals surface area (Å²) in [6.07, 6.45) is 0. The molecule has 94 valence electrons. The van der Waals surface area contributed by atoms with Gasteiger partial charge in [0.05, 0.1) is 17.6 Å². The molecule has 1 rings (SSSR count). The van der Waals surface area contributed by atoms with E-state index in [1.807, 2.05) is 19.1 Å². The molecule has 0 saturated heterocycles. The maximum absolute atomic E-state index is 10.4. The van der Waals surface area contributed by atoms with Gasteiger partial charge in [-0.05, 0) is 35.0 Å². The third-order valence-corrected chi connectivity index (χ3v) is 3.01. The van der Waals surface area contributed by atoms with Crippen molar-refractivity contribution in [3.63, 3.8) is 0 Å². The summed E-state index contributed by atoms with van der Waals surface area (Å²) in [4.78, 5) is 10.4. The minimum absolute atomic E-state index is 0.0737. The van der Waals surface area contributed by atoms with Gasteiger partial charge < -0.3 is 15.2 Å². The summed E-state index contributed by atoms with van der Waals surface area (Å²) in [5.74, 6) is -0.134. The molecule has 2 N–H and O–H groups in total. The fourth-order valence-corrected chi connectivity index (χ4v) is 2.78. The Morgan fingerprint density at radius 2 is 2.18 bits per heavy atom. The van der Waals surface area contributed by atoms with E-state index in [1.54, 1.807) is 0 Å². The molecule has 0 saturated carbocycles. The van der Waals surface area contributed by atoms with Gasteiger partial charge in [-0.15, -0.1) is 0 Å². The van der Waals surface area contributed by atoms with Gasteiger partial charge in [0.1, 0.15) is 5.75 Å². The van der Waals surface area contributed by atoms with Crippen LogP contribution in [-0.2, 0) is 11.3 Å². The number of aliphatic carboxylic acids is 1. The van der Waals surface area contributed by atoms with Gasteiger partial charge in [-0.3, -0.25) is 4.79 Å². The van der Waals surface area contributed by atoms with Gasteiger partial charge >= 0.3 is 5.97 Å². The van der Waals surface area contributed by atoms with Crippen molar-refractivity contribution in [1.29, 1.82) is 0 Å². The third kappa shape index (κ3) is 4.65. The second-order valence-electron chi connectivity index (χ2n) is 3.31. The van der Waals surface area contributed by atoms with E-state index in [2.05, 4.69) is 37.2 Å². The monoisotopic (exact) mass is 365 g/mol. The molecule has 17 heavy (non-hydrogen) atoms. The van der Waals surface area contributed by atoms with Gasteiger partial charge in [0.2, 0.25) is 0 Å². The molecule has 0 bridgehead atoms. The van der Waals surface area contributed by atoms with Crippen molar-refractivity contribution in [1.82, 2.24) is 5.32 Å². The van der Waals surface area contributed by atoms with Crippen LogP contribution in [0, 0.1) is 0 Å². The lowest BCUT2D eigenvalue weighted by Crippen LogP contribution is -2.22. The number of carbonyl (C=O) groups is 1. The Hall–Kier alpha value is -0.590. The summed E-state index contributed by atoms with van der Waals surface area (Å²) in [5.41, 5.74) is 0.911. The molecule has 1 aromatic rings. The number of carboxylic acid groups (broad SMARTS) is 1. The van der Waals surface area contributed by atoms with E-state index in [-0.39, 0.29) is 6.54 Å². The molecule has 0 amide bonds. The normalized spacial score (nSPS) is 10.3. The number of nitrogens with one attached hydrogen (secondary N) is 1. The van der Waals surface area contributed by atoms with E-state index in [0.29, 0.717) is 13.2 Å². The predicted molar refractivity (Wildman–Crippen MR) is 72.4 cm³/mol. The number of ether oxygens (including phenoxy) is 1. The molecular weight excluding hydrogens is 354 g/mol. The Balaban J connectivity index is 2.83. The lowest BCUT2D eigenvalue weighted by Gasteiger charge is -2.13. The largest absolute Gasteiger partial charge is 0.492 e. The summed E-state index contributed by atoms with van der Waals surface area (Å²) in [6.45, 7) is 2.84. The minimum atomic E-state index is -0.878. The molecule has 0 unspecified atom stereocenters. The molecule has 0 fully saturated rings. The topological polar surface area (TPSA) is 58.6 Å². The number of hydrogen-bond donors (Lipinski definition) is 2. The first-order valence-electron chi connectivity index (χ1n) is 5.07. The first-order chi connectivity index (χ1) is 8.04. The van der Waals surface area contributed by atoms with Gasteiger partial charge in [0, 0.05) is 16.6 Å². The fraction of sp³-hybridized carbons (Fsp3) is 0.364. The summed E-state index contributed by atoms with van der Waals surface area (Å²) in [6, 6.07) is 3.80. The smallest absolute Gasteiger partial charge is 0.317 e. The Bertz CT molecular complexity index is 410. The van der Waals surface area contributed by atoms with E-state index in [4.69, 9.17) is 9.84 Å². The molecule has 0 aliphatic rings. The number of benzene rings is 1. The highest BCUT2D eigenvalue weighted by molar-refractivity contribution is 9.11. The van der Waals surface area contributed by atoms with Crippen LogP contribution in [0.15, 0.2) is 21.1 Å². The van der Waals surface area contributed by atoms with Crippen LogP contribution >= 0.6 is 31.9 Å². The number of carboxylic acids is 1. The molecule has 0 heterocycles. The van der Waals surface area contributed by atoms with E-state index < -0.39 is 5.97 Å². The lowest BCUT2D eigenvalue weighted by atomic mass is 10.2. The first kappa shape index (κ1) is 14.5. The van der Waals surface area contributed by atoms with Crippen molar-refractivity contribution in [3.8, 4) is 5.75 Å². The Morgan fingerprint density at radius 1 is 1.47 bits per heavy atom. The molecule has 4 nitrogen and oxygen atoms in total. The number of hydrogen-bond acceptors (Lipinski definition) is 3. The maximum Gasteiger partial charge on any atom is 0.317 e. The van der Waals surface area contributed by atoms with Crippen molar-refractivity contribution < 1.29 is 14.6 Å². The van der Waals surface area contributed by atoms with E-state index in [1.165, 1.54) is 0 Å².